The van der Waals surface area contributed by atoms with Crippen LogP contribution in [0.15, 0.2) is 72.9 Å². The molecule has 0 saturated heterocycles. The van der Waals surface area contributed by atoms with Gasteiger partial charge >= 0.3 is 25.7 Å². The Morgan fingerprint density at radius 3 is 1.08 bits per heavy atom. The van der Waals surface area contributed by atoms with Crippen molar-refractivity contribution in [1.29, 1.82) is 0 Å². The number of carbonyl (C=O) groups excluding carboxylic acids is 3. The van der Waals surface area contributed by atoms with E-state index in [0.717, 1.165) is 77.0 Å². The normalized spacial score (nSPS) is 13.9. The van der Waals surface area contributed by atoms with E-state index in [1.54, 1.807) is 0 Å². The molecule has 0 radical (unpaired) electrons. The van der Waals surface area contributed by atoms with Crippen molar-refractivity contribution in [3.05, 3.63) is 72.9 Å². The quantitative estimate of drug-likeness (QED) is 0.0197. The van der Waals surface area contributed by atoms with E-state index >= 15 is 0 Å². The molecule has 0 aromatic carbocycles. The molecule has 3 unspecified atom stereocenters. The van der Waals surface area contributed by atoms with Crippen LogP contribution < -0.4 is 0 Å². The number of hydrogen-bond acceptors (Lipinski definition) is 10. The summed E-state index contributed by atoms with van der Waals surface area (Å²) in [6, 6.07) is 0. The van der Waals surface area contributed by atoms with Gasteiger partial charge < -0.3 is 24.2 Å². The molecule has 0 aromatic heterocycles. The number of esters is 3. The van der Waals surface area contributed by atoms with Crippen LogP contribution in [-0.2, 0) is 42.2 Å². The van der Waals surface area contributed by atoms with Crippen molar-refractivity contribution in [2.75, 3.05) is 26.4 Å². The van der Waals surface area contributed by atoms with Gasteiger partial charge in [-0.15, -0.1) is 0 Å². The number of aliphatic hydroxyl groups excluding tert-OH is 1. The van der Waals surface area contributed by atoms with Crippen LogP contribution >= 0.6 is 7.82 Å². The summed E-state index contributed by atoms with van der Waals surface area (Å²) < 4.78 is 39.5. The fraction of sp³-hybridized carbons (Fsp3) is 0.758. The van der Waals surface area contributed by atoms with Gasteiger partial charge in [-0.05, 0) is 57.8 Å². The van der Waals surface area contributed by atoms with Crippen molar-refractivity contribution in [1.82, 2.24) is 0 Å². The smallest absolute Gasteiger partial charge is 0.462 e. The van der Waals surface area contributed by atoms with Crippen LogP contribution in [0.3, 0.4) is 0 Å². The number of phosphoric ester groups is 1. The van der Waals surface area contributed by atoms with Gasteiger partial charge in [-0.25, -0.2) is 4.57 Å². The van der Waals surface area contributed by atoms with Crippen LogP contribution in [0.25, 0.3) is 0 Å². The molecular formula is C62H109O11P. The largest absolute Gasteiger partial charge is 0.472 e. The Morgan fingerprint density at radius 2 is 0.703 bits per heavy atom. The lowest BCUT2D eigenvalue weighted by Crippen LogP contribution is -2.30. The molecule has 0 spiro atoms. The van der Waals surface area contributed by atoms with Gasteiger partial charge in [-0.1, -0.05) is 261 Å². The molecule has 74 heavy (non-hydrogen) atoms. The first kappa shape index (κ1) is 70.9. The molecule has 0 aliphatic rings. The number of unbranched alkanes of at least 4 members (excludes halogenated alkanes) is 26. The van der Waals surface area contributed by atoms with E-state index in [1.165, 1.54) is 128 Å². The Morgan fingerprint density at radius 1 is 0.392 bits per heavy atom. The third kappa shape index (κ3) is 53.7. The summed E-state index contributed by atoms with van der Waals surface area (Å²) in [5.41, 5.74) is 0. The van der Waals surface area contributed by atoms with Crippen molar-refractivity contribution in [3.8, 4) is 0 Å². The van der Waals surface area contributed by atoms with Crippen LogP contribution in [-0.4, -0.2) is 66.5 Å². The summed E-state index contributed by atoms with van der Waals surface area (Å²) in [6.45, 7) is 4.48. The van der Waals surface area contributed by atoms with Crippen LogP contribution in [0.2, 0.25) is 0 Å². The van der Waals surface area contributed by atoms with E-state index in [9.17, 15) is 28.9 Å². The average Bonchev–Trinajstić information content (AvgIpc) is 3.39. The lowest BCUT2D eigenvalue weighted by atomic mass is 10.0. The Hall–Kier alpha value is -3.08. The zero-order chi connectivity index (χ0) is 54.1. The summed E-state index contributed by atoms with van der Waals surface area (Å²) >= 11 is 0. The minimum absolute atomic E-state index is 0.0435. The third-order valence-electron chi connectivity index (χ3n) is 12.7. The van der Waals surface area contributed by atoms with E-state index < -0.39 is 57.8 Å². The topological polar surface area (TPSA) is 155 Å². The van der Waals surface area contributed by atoms with Crippen molar-refractivity contribution < 1.29 is 52.2 Å². The number of phosphoric acid groups is 1. The summed E-state index contributed by atoms with van der Waals surface area (Å²) in [5, 5.41) is 9.81. The van der Waals surface area contributed by atoms with E-state index in [2.05, 4.69) is 81.5 Å². The number of hydrogen-bond donors (Lipinski definition) is 2. The predicted octanol–water partition coefficient (Wildman–Crippen LogP) is 17.7. The monoisotopic (exact) mass is 1060 g/mol. The molecule has 0 saturated carbocycles. The highest BCUT2D eigenvalue weighted by Crippen LogP contribution is 2.43. The highest BCUT2D eigenvalue weighted by Gasteiger charge is 2.28. The molecule has 0 heterocycles. The SMILES string of the molecule is CC/C=C\C/C=C\C/C=C\C/C=C\C/C=C\C/C=C\CCC(=O)OC(COC(=O)CCCCCCCCCCCCCCCCC)COP(=O)(O)OCC(CO)OC(=O)CCCCCCCCCCCCCCC. The van der Waals surface area contributed by atoms with Crippen LogP contribution in [0, 0.1) is 0 Å². The Kier molecular flexibility index (Phi) is 53.8. The number of allylic oxidation sites excluding steroid dienone is 12. The molecule has 428 valence electrons. The summed E-state index contributed by atoms with van der Waals surface area (Å²) in [5.74, 6) is -1.55. The molecule has 0 aliphatic carbocycles. The first-order chi connectivity index (χ1) is 36.2. The first-order valence-electron chi connectivity index (χ1n) is 29.8. The molecule has 0 rings (SSSR count). The maximum atomic E-state index is 12.9. The fourth-order valence-electron chi connectivity index (χ4n) is 8.15. The van der Waals surface area contributed by atoms with Crippen molar-refractivity contribution in [3.63, 3.8) is 0 Å². The summed E-state index contributed by atoms with van der Waals surface area (Å²) in [4.78, 5) is 48.5. The number of rotatable bonds is 55. The first-order valence-corrected chi connectivity index (χ1v) is 31.3. The molecule has 0 bridgehead atoms. The second-order valence-electron chi connectivity index (χ2n) is 19.8. The maximum Gasteiger partial charge on any atom is 0.472 e. The van der Waals surface area contributed by atoms with Gasteiger partial charge in [-0.2, -0.15) is 0 Å². The summed E-state index contributed by atoms with van der Waals surface area (Å²) in [6.07, 6.45) is 63.0. The zero-order valence-electron chi connectivity index (χ0n) is 47.3. The fourth-order valence-corrected chi connectivity index (χ4v) is 8.93. The summed E-state index contributed by atoms with van der Waals surface area (Å²) in [7, 11) is -4.77. The van der Waals surface area contributed by atoms with Gasteiger partial charge in [0, 0.05) is 19.3 Å². The lowest BCUT2D eigenvalue weighted by Gasteiger charge is -2.21. The molecule has 2 N–H and O–H groups in total. The minimum Gasteiger partial charge on any atom is -0.462 e. The molecule has 11 nitrogen and oxygen atoms in total. The van der Waals surface area contributed by atoms with Crippen molar-refractivity contribution >= 4 is 25.7 Å². The molecule has 12 heteroatoms. The Balaban J connectivity index is 4.82. The molecular weight excluding hydrogens is 952 g/mol. The predicted molar refractivity (Wildman–Crippen MR) is 307 cm³/mol. The molecule has 0 aliphatic heterocycles. The van der Waals surface area contributed by atoms with Gasteiger partial charge in [-0.3, -0.25) is 23.4 Å². The molecule has 0 fully saturated rings. The average molecular weight is 1060 g/mol. The zero-order valence-corrected chi connectivity index (χ0v) is 48.2. The Labute approximate surface area is 452 Å². The molecule has 3 atom stereocenters. The van der Waals surface area contributed by atoms with Crippen molar-refractivity contribution in [2.45, 2.75) is 277 Å². The van der Waals surface area contributed by atoms with Gasteiger partial charge in [0.1, 0.15) is 12.7 Å². The van der Waals surface area contributed by atoms with E-state index in [0.29, 0.717) is 19.3 Å². The highest BCUT2D eigenvalue weighted by atomic mass is 31.2. The second kappa shape index (κ2) is 56.1. The van der Waals surface area contributed by atoms with Gasteiger partial charge in [0.25, 0.3) is 0 Å². The van der Waals surface area contributed by atoms with Crippen LogP contribution in [0.1, 0.15) is 265 Å². The van der Waals surface area contributed by atoms with Crippen LogP contribution in [0.4, 0.5) is 0 Å². The van der Waals surface area contributed by atoms with Gasteiger partial charge in [0.05, 0.1) is 19.8 Å². The van der Waals surface area contributed by atoms with Gasteiger partial charge in [0.15, 0.2) is 6.10 Å². The van der Waals surface area contributed by atoms with Crippen LogP contribution in [0.5, 0.6) is 0 Å². The standard InChI is InChI=1S/C62H109O11P/c1-4-7-10-13-16-19-22-25-27-28-29-30-32-35-38-41-44-47-50-53-62(66)73-59(55-69-60(64)51-48-45-42-39-36-34-31-26-23-20-17-14-11-8-5-2)57-71-74(67,68)70-56-58(54-63)72-61(65)52-49-46-43-40-37-33-24-21-18-15-12-9-6-3/h7,10,16,19,25,27,29-30,35,38,44,47,58-59,63H,4-6,8-9,11-15,17-18,20-24,26,28,31-34,36-37,39-43,45-46,48-57H2,1-3H3,(H,67,68)/b10-7-,19-16-,27-25-,30-29-,38-35-,47-44-. The van der Waals surface area contributed by atoms with Gasteiger partial charge in [0.2, 0.25) is 0 Å². The Bertz CT molecular complexity index is 1520. The lowest BCUT2D eigenvalue weighted by molar-refractivity contribution is -0.161. The number of aliphatic hydroxyl groups is 1. The molecule has 0 amide bonds. The number of carbonyl (C=O) groups is 3. The van der Waals surface area contributed by atoms with E-state index in [1.807, 2.05) is 12.2 Å². The number of ether oxygens (including phenoxy) is 3. The minimum atomic E-state index is -4.77. The maximum absolute atomic E-state index is 12.9. The second-order valence-corrected chi connectivity index (χ2v) is 21.2. The van der Waals surface area contributed by atoms with E-state index in [-0.39, 0.29) is 25.9 Å². The molecule has 0 aromatic rings. The van der Waals surface area contributed by atoms with Crippen molar-refractivity contribution in [2.24, 2.45) is 0 Å². The highest BCUT2D eigenvalue weighted by molar-refractivity contribution is 7.47. The third-order valence-corrected chi connectivity index (χ3v) is 13.6. The van der Waals surface area contributed by atoms with E-state index in [4.69, 9.17) is 23.3 Å².